The highest BCUT2D eigenvalue weighted by atomic mass is 28.2. The topological polar surface area (TPSA) is 3.24 Å². The van der Waals surface area contributed by atoms with Gasteiger partial charge in [-0.1, -0.05) is 18.2 Å². The number of aryl methyl sites for hydroxylation is 1. The summed E-state index contributed by atoms with van der Waals surface area (Å²) < 4.78 is 2.47. The van der Waals surface area contributed by atoms with Crippen LogP contribution in [0.5, 0.6) is 0 Å². The van der Waals surface area contributed by atoms with Crippen LogP contribution >= 0.6 is 0 Å². The van der Waals surface area contributed by atoms with Crippen molar-refractivity contribution in [2.75, 3.05) is 11.1 Å². The highest BCUT2D eigenvalue weighted by Gasteiger charge is 2.10. The number of benzene rings is 1. The molecule has 58 valence electrons. The summed E-state index contributed by atoms with van der Waals surface area (Å²) in [5.74, 6) is 0. The van der Waals surface area contributed by atoms with E-state index in [1.54, 1.807) is 0 Å². The van der Waals surface area contributed by atoms with Gasteiger partial charge in [-0.05, 0) is 24.5 Å². The highest BCUT2D eigenvalue weighted by Crippen LogP contribution is 2.24. The summed E-state index contributed by atoms with van der Waals surface area (Å²) >= 11 is 0. The van der Waals surface area contributed by atoms with Crippen molar-refractivity contribution in [1.29, 1.82) is 0 Å². The Kier molecular flexibility index (Phi) is 1.70. The third kappa shape index (κ3) is 1.18. The van der Waals surface area contributed by atoms with Crippen molar-refractivity contribution in [3.05, 3.63) is 29.8 Å². The Hall–Kier alpha value is -0.763. The summed E-state index contributed by atoms with van der Waals surface area (Å²) in [4.78, 5) is 0. The molecular weight excluding hydrogens is 150 g/mol. The van der Waals surface area contributed by atoms with Crippen molar-refractivity contribution in [3.63, 3.8) is 0 Å². The molecule has 0 saturated heterocycles. The predicted octanol–water partition coefficient (Wildman–Crippen LogP) is 0.720. The van der Waals surface area contributed by atoms with E-state index in [0.29, 0.717) is 0 Å². The van der Waals surface area contributed by atoms with E-state index in [1.807, 2.05) is 0 Å². The largest absolute Gasteiger partial charge is 0.406 e. The molecule has 2 heteroatoms. The molecule has 0 aliphatic carbocycles. The van der Waals surface area contributed by atoms with Gasteiger partial charge in [0.25, 0.3) is 0 Å². The first-order valence-corrected chi connectivity index (χ1v) is 5.06. The molecule has 11 heavy (non-hydrogen) atoms. The summed E-state index contributed by atoms with van der Waals surface area (Å²) in [5.41, 5.74) is 3.01. The number of fused-ring (bicyclic) bond motifs is 1. The van der Waals surface area contributed by atoms with Crippen molar-refractivity contribution in [1.82, 2.24) is 0 Å². The van der Waals surface area contributed by atoms with E-state index in [-0.39, 0.29) is 0 Å². The summed E-state index contributed by atoms with van der Waals surface area (Å²) in [6.07, 6.45) is 2.61. The number of rotatable bonds is 0. The number of hydrogen-bond donors (Lipinski definition) is 0. The van der Waals surface area contributed by atoms with Gasteiger partial charge in [-0.3, -0.25) is 0 Å². The summed E-state index contributed by atoms with van der Waals surface area (Å²) in [6.45, 7) is 1.27. The first-order chi connectivity index (χ1) is 5.38. The van der Waals surface area contributed by atoms with E-state index in [0.717, 1.165) is 10.4 Å². The van der Waals surface area contributed by atoms with E-state index in [1.165, 1.54) is 30.6 Å². The molecule has 0 spiro atoms. The van der Waals surface area contributed by atoms with Crippen LogP contribution in [0.25, 0.3) is 0 Å². The smallest absolute Gasteiger partial charge is 0.107 e. The second kappa shape index (κ2) is 2.70. The Morgan fingerprint density at radius 2 is 2.09 bits per heavy atom. The monoisotopic (exact) mass is 163 g/mol. The van der Waals surface area contributed by atoms with Gasteiger partial charge >= 0.3 is 0 Å². The fourth-order valence-electron chi connectivity index (χ4n) is 1.72. The number of nitrogens with zero attached hydrogens (tertiary/aromatic N) is 1. The molecule has 1 aliphatic rings. The van der Waals surface area contributed by atoms with E-state index >= 15 is 0 Å². The molecule has 2 rings (SSSR count). The number of anilines is 1. The molecule has 0 N–H and O–H groups in total. The van der Waals surface area contributed by atoms with Crippen LogP contribution in [0.3, 0.4) is 0 Å². The quantitative estimate of drug-likeness (QED) is 0.509. The van der Waals surface area contributed by atoms with Gasteiger partial charge in [-0.2, -0.15) is 0 Å². The Morgan fingerprint density at radius 1 is 1.27 bits per heavy atom. The number of hydrogen-bond acceptors (Lipinski definition) is 1. The van der Waals surface area contributed by atoms with Crippen LogP contribution in [0.15, 0.2) is 24.3 Å². The Labute approximate surface area is 70.5 Å². The summed E-state index contributed by atoms with van der Waals surface area (Å²) in [7, 11) is 1.16. The minimum Gasteiger partial charge on any atom is -0.406 e. The molecule has 1 aromatic rings. The van der Waals surface area contributed by atoms with E-state index in [9.17, 15) is 0 Å². The SMILES string of the molecule is [SiH3]N1CCCc2ccccc21. The lowest BCUT2D eigenvalue weighted by Gasteiger charge is -2.27. The zero-order chi connectivity index (χ0) is 7.68. The van der Waals surface area contributed by atoms with Gasteiger partial charge in [0.2, 0.25) is 0 Å². The van der Waals surface area contributed by atoms with E-state index < -0.39 is 0 Å². The second-order valence-electron chi connectivity index (χ2n) is 3.15. The van der Waals surface area contributed by atoms with E-state index in [2.05, 4.69) is 28.8 Å². The van der Waals surface area contributed by atoms with Crippen LogP contribution in [-0.2, 0) is 6.42 Å². The minimum absolute atomic E-state index is 1.16. The van der Waals surface area contributed by atoms with Gasteiger partial charge in [0.15, 0.2) is 0 Å². The van der Waals surface area contributed by atoms with Gasteiger partial charge in [0.1, 0.15) is 10.4 Å². The van der Waals surface area contributed by atoms with Gasteiger partial charge in [-0.15, -0.1) is 0 Å². The maximum atomic E-state index is 2.47. The Balaban J connectivity index is 2.44. The molecule has 0 unspecified atom stereocenters. The van der Waals surface area contributed by atoms with Gasteiger partial charge in [0, 0.05) is 12.2 Å². The van der Waals surface area contributed by atoms with Crippen LogP contribution in [0.4, 0.5) is 5.69 Å². The van der Waals surface area contributed by atoms with Gasteiger partial charge in [0.05, 0.1) is 0 Å². The summed E-state index contributed by atoms with van der Waals surface area (Å²) in [5, 5.41) is 0. The van der Waals surface area contributed by atoms with Crippen LogP contribution < -0.4 is 4.57 Å². The lowest BCUT2D eigenvalue weighted by atomic mass is 10.0. The Bertz CT molecular complexity index is 259. The van der Waals surface area contributed by atoms with Crippen molar-refractivity contribution in [3.8, 4) is 0 Å². The molecule has 1 aliphatic heterocycles. The van der Waals surface area contributed by atoms with Crippen LogP contribution in [0.2, 0.25) is 0 Å². The van der Waals surface area contributed by atoms with Crippen LogP contribution in [-0.4, -0.2) is 16.9 Å². The average Bonchev–Trinajstić information content (AvgIpc) is 2.06. The highest BCUT2D eigenvalue weighted by molar-refractivity contribution is 6.18. The standard InChI is InChI=1S/C9H13NSi/c11-10-7-3-5-8-4-1-2-6-9(8)10/h1-2,4,6H,3,5,7H2,11H3. The molecule has 0 fully saturated rings. The predicted molar refractivity (Wildman–Crippen MR) is 52.0 cm³/mol. The van der Waals surface area contributed by atoms with Gasteiger partial charge < -0.3 is 4.57 Å². The van der Waals surface area contributed by atoms with Crippen molar-refractivity contribution in [2.24, 2.45) is 0 Å². The normalized spacial score (nSPS) is 16.5. The molecular formula is C9H13NSi. The second-order valence-corrected chi connectivity index (χ2v) is 4.23. The molecule has 0 atom stereocenters. The third-order valence-electron chi connectivity index (χ3n) is 2.34. The lowest BCUT2D eigenvalue weighted by molar-refractivity contribution is 0.791. The Morgan fingerprint density at radius 3 is 2.91 bits per heavy atom. The minimum atomic E-state index is 1.16. The maximum absolute atomic E-state index is 2.47. The lowest BCUT2D eigenvalue weighted by Crippen LogP contribution is -2.25. The van der Waals surface area contributed by atoms with Crippen molar-refractivity contribution < 1.29 is 0 Å². The fraction of sp³-hybridized carbons (Fsp3) is 0.333. The molecule has 0 aromatic heterocycles. The fourth-order valence-corrected chi connectivity index (χ4v) is 2.47. The van der Waals surface area contributed by atoms with E-state index in [4.69, 9.17) is 0 Å². The molecule has 0 radical (unpaired) electrons. The van der Waals surface area contributed by atoms with Gasteiger partial charge in [-0.25, -0.2) is 0 Å². The maximum Gasteiger partial charge on any atom is 0.107 e. The molecule has 1 aromatic carbocycles. The number of para-hydroxylation sites is 1. The average molecular weight is 163 g/mol. The molecule has 0 saturated carbocycles. The molecule has 0 amide bonds. The first kappa shape index (κ1) is 6.92. The first-order valence-electron chi connectivity index (χ1n) is 4.17. The van der Waals surface area contributed by atoms with Crippen LogP contribution in [0.1, 0.15) is 12.0 Å². The molecule has 1 heterocycles. The third-order valence-corrected chi connectivity index (χ3v) is 3.27. The zero-order valence-corrected chi connectivity index (χ0v) is 8.88. The van der Waals surface area contributed by atoms with Crippen LogP contribution in [0, 0.1) is 0 Å². The van der Waals surface area contributed by atoms with Crippen molar-refractivity contribution in [2.45, 2.75) is 12.8 Å². The molecule has 0 bridgehead atoms. The molecule has 1 nitrogen and oxygen atoms in total. The van der Waals surface area contributed by atoms with Crippen molar-refractivity contribution >= 4 is 16.1 Å². The zero-order valence-electron chi connectivity index (χ0n) is 6.88. The summed E-state index contributed by atoms with van der Waals surface area (Å²) in [6, 6.07) is 8.76.